The van der Waals surface area contributed by atoms with Crippen molar-refractivity contribution in [3.63, 3.8) is 0 Å². The number of aliphatic carboxylic acids is 1. The molecule has 0 radical (unpaired) electrons. The van der Waals surface area contributed by atoms with Gasteiger partial charge in [0.25, 0.3) is 0 Å². The van der Waals surface area contributed by atoms with E-state index < -0.39 is 11.4 Å². The summed E-state index contributed by atoms with van der Waals surface area (Å²) >= 11 is 0. The van der Waals surface area contributed by atoms with Gasteiger partial charge in [0, 0.05) is 13.2 Å². The fourth-order valence-electron chi connectivity index (χ4n) is 2.35. The number of benzene rings is 1. The summed E-state index contributed by atoms with van der Waals surface area (Å²) in [5.74, 6) is -0.589. The molecule has 2 unspecified atom stereocenters. The lowest BCUT2D eigenvalue weighted by Gasteiger charge is -2.09. The molecule has 1 aromatic rings. The minimum atomic E-state index is -0.766. The van der Waals surface area contributed by atoms with Gasteiger partial charge in [-0.2, -0.15) is 0 Å². The van der Waals surface area contributed by atoms with Crippen LogP contribution in [0.5, 0.6) is 0 Å². The molecule has 0 amide bonds. The standard InChI is InChI=1S/C14H19NO3/c15-10-14(13(16)17)8-12(14)6-7-18-9-11-4-2-1-3-5-11/h1-5,12H,6-10,15H2,(H,16,17). The number of carboxylic acids is 1. The van der Waals surface area contributed by atoms with Crippen LogP contribution < -0.4 is 5.73 Å². The van der Waals surface area contributed by atoms with E-state index in [-0.39, 0.29) is 12.5 Å². The zero-order valence-electron chi connectivity index (χ0n) is 10.3. The third-order valence-electron chi connectivity index (χ3n) is 3.74. The first-order valence-corrected chi connectivity index (χ1v) is 6.24. The lowest BCUT2D eigenvalue weighted by molar-refractivity contribution is -0.143. The summed E-state index contributed by atoms with van der Waals surface area (Å²) in [6.07, 6.45) is 1.46. The zero-order valence-corrected chi connectivity index (χ0v) is 10.3. The van der Waals surface area contributed by atoms with Crippen LogP contribution in [0.4, 0.5) is 0 Å². The maximum atomic E-state index is 11.1. The first kappa shape index (κ1) is 13.1. The molecule has 2 atom stereocenters. The highest BCUT2D eigenvalue weighted by Crippen LogP contribution is 2.53. The van der Waals surface area contributed by atoms with Crippen molar-refractivity contribution < 1.29 is 14.6 Å². The smallest absolute Gasteiger partial charge is 0.311 e. The van der Waals surface area contributed by atoms with E-state index in [4.69, 9.17) is 15.6 Å². The van der Waals surface area contributed by atoms with Gasteiger partial charge in [-0.1, -0.05) is 30.3 Å². The molecule has 0 aliphatic heterocycles. The quantitative estimate of drug-likeness (QED) is 0.721. The summed E-state index contributed by atoms with van der Waals surface area (Å²) in [5, 5.41) is 9.09. The number of nitrogens with two attached hydrogens (primary N) is 1. The van der Waals surface area contributed by atoms with Crippen LogP contribution in [0.2, 0.25) is 0 Å². The molecule has 0 aromatic heterocycles. The van der Waals surface area contributed by atoms with Crippen molar-refractivity contribution in [2.45, 2.75) is 19.4 Å². The van der Waals surface area contributed by atoms with Gasteiger partial charge in [0.2, 0.25) is 0 Å². The molecule has 1 saturated carbocycles. The summed E-state index contributed by atoms with van der Waals surface area (Å²) < 4.78 is 5.55. The molecule has 1 aliphatic rings. The molecular formula is C14H19NO3. The van der Waals surface area contributed by atoms with Crippen molar-refractivity contribution >= 4 is 5.97 Å². The van der Waals surface area contributed by atoms with Crippen LogP contribution in [0, 0.1) is 11.3 Å². The molecule has 18 heavy (non-hydrogen) atoms. The molecule has 0 heterocycles. The van der Waals surface area contributed by atoms with E-state index in [1.807, 2.05) is 30.3 Å². The fourth-order valence-corrected chi connectivity index (χ4v) is 2.35. The summed E-state index contributed by atoms with van der Waals surface area (Å²) in [6, 6.07) is 9.94. The van der Waals surface area contributed by atoms with Gasteiger partial charge in [-0.3, -0.25) is 4.79 Å². The maximum absolute atomic E-state index is 11.1. The Kier molecular flexibility index (Phi) is 3.99. The van der Waals surface area contributed by atoms with E-state index in [0.717, 1.165) is 12.0 Å². The molecule has 1 aliphatic carbocycles. The van der Waals surface area contributed by atoms with Crippen molar-refractivity contribution in [2.24, 2.45) is 17.1 Å². The maximum Gasteiger partial charge on any atom is 0.311 e. The predicted molar refractivity (Wildman–Crippen MR) is 67.9 cm³/mol. The number of ether oxygens (including phenoxy) is 1. The third kappa shape index (κ3) is 2.71. The monoisotopic (exact) mass is 249 g/mol. The fraction of sp³-hybridized carbons (Fsp3) is 0.500. The lowest BCUT2D eigenvalue weighted by atomic mass is 10.0. The lowest BCUT2D eigenvalue weighted by Crippen LogP contribution is -2.27. The van der Waals surface area contributed by atoms with Gasteiger partial charge in [-0.05, 0) is 24.3 Å². The largest absolute Gasteiger partial charge is 0.481 e. The summed E-state index contributed by atoms with van der Waals surface area (Å²) in [5.41, 5.74) is 6.00. The van der Waals surface area contributed by atoms with Crippen LogP contribution in [0.3, 0.4) is 0 Å². The highest BCUT2D eigenvalue weighted by Gasteiger charge is 2.58. The molecule has 0 spiro atoms. The second-order valence-electron chi connectivity index (χ2n) is 4.89. The van der Waals surface area contributed by atoms with Crippen LogP contribution in [-0.2, 0) is 16.1 Å². The number of hydrogen-bond acceptors (Lipinski definition) is 3. The first-order valence-electron chi connectivity index (χ1n) is 6.24. The Morgan fingerprint density at radius 3 is 2.72 bits per heavy atom. The molecule has 0 saturated heterocycles. The molecular weight excluding hydrogens is 230 g/mol. The van der Waals surface area contributed by atoms with Crippen LogP contribution >= 0.6 is 0 Å². The molecule has 3 N–H and O–H groups in total. The van der Waals surface area contributed by atoms with E-state index in [1.165, 1.54) is 0 Å². The van der Waals surface area contributed by atoms with Crippen molar-refractivity contribution in [1.29, 1.82) is 0 Å². The molecule has 98 valence electrons. The third-order valence-corrected chi connectivity index (χ3v) is 3.74. The van der Waals surface area contributed by atoms with Gasteiger partial charge >= 0.3 is 5.97 Å². The summed E-state index contributed by atoms with van der Waals surface area (Å²) in [6.45, 7) is 1.40. The molecule has 0 bridgehead atoms. The van der Waals surface area contributed by atoms with Crippen LogP contribution in [0.1, 0.15) is 18.4 Å². The van der Waals surface area contributed by atoms with E-state index in [1.54, 1.807) is 0 Å². The second-order valence-corrected chi connectivity index (χ2v) is 4.89. The SMILES string of the molecule is NCC1(C(=O)O)CC1CCOCc1ccccc1. The average Bonchev–Trinajstić information content (AvgIpc) is 3.11. The molecule has 1 fully saturated rings. The van der Waals surface area contributed by atoms with Gasteiger partial charge in [0.15, 0.2) is 0 Å². The number of hydrogen-bond donors (Lipinski definition) is 2. The summed E-state index contributed by atoms with van der Waals surface area (Å²) in [4.78, 5) is 11.1. The summed E-state index contributed by atoms with van der Waals surface area (Å²) in [7, 11) is 0. The first-order chi connectivity index (χ1) is 8.69. The predicted octanol–water partition coefficient (Wildman–Crippen LogP) is 1.64. The number of rotatable bonds is 7. The van der Waals surface area contributed by atoms with Gasteiger partial charge in [-0.25, -0.2) is 0 Å². The molecule has 1 aromatic carbocycles. The second kappa shape index (κ2) is 5.50. The van der Waals surface area contributed by atoms with Gasteiger partial charge < -0.3 is 15.6 Å². The van der Waals surface area contributed by atoms with E-state index in [9.17, 15) is 4.79 Å². The normalized spacial score (nSPS) is 25.9. The van der Waals surface area contributed by atoms with Crippen molar-refractivity contribution in [3.8, 4) is 0 Å². The average molecular weight is 249 g/mol. The molecule has 4 heteroatoms. The Balaban J connectivity index is 1.67. The van der Waals surface area contributed by atoms with Gasteiger partial charge in [-0.15, -0.1) is 0 Å². The van der Waals surface area contributed by atoms with Crippen LogP contribution in [-0.4, -0.2) is 24.2 Å². The highest BCUT2D eigenvalue weighted by molar-refractivity contribution is 5.78. The highest BCUT2D eigenvalue weighted by atomic mass is 16.5. The number of carbonyl (C=O) groups is 1. The Bertz CT molecular complexity index is 407. The van der Waals surface area contributed by atoms with E-state index in [0.29, 0.717) is 19.6 Å². The van der Waals surface area contributed by atoms with Gasteiger partial charge in [0.05, 0.1) is 12.0 Å². The zero-order chi connectivity index (χ0) is 13.0. The Hall–Kier alpha value is -1.39. The molecule has 4 nitrogen and oxygen atoms in total. The van der Waals surface area contributed by atoms with E-state index >= 15 is 0 Å². The van der Waals surface area contributed by atoms with E-state index in [2.05, 4.69) is 0 Å². The molecule has 2 rings (SSSR count). The van der Waals surface area contributed by atoms with Gasteiger partial charge in [0.1, 0.15) is 0 Å². The number of carboxylic acid groups (broad SMARTS) is 1. The van der Waals surface area contributed by atoms with Crippen LogP contribution in [0.25, 0.3) is 0 Å². The van der Waals surface area contributed by atoms with Crippen molar-refractivity contribution in [1.82, 2.24) is 0 Å². The Labute approximate surface area is 107 Å². The van der Waals surface area contributed by atoms with Crippen LogP contribution in [0.15, 0.2) is 30.3 Å². The minimum Gasteiger partial charge on any atom is -0.481 e. The Morgan fingerprint density at radius 1 is 1.44 bits per heavy atom. The minimum absolute atomic E-state index is 0.177. The Morgan fingerprint density at radius 2 is 2.17 bits per heavy atom. The van der Waals surface area contributed by atoms with Crippen molar-refractivity contribution in [2.75, 3.05) is 13.2 Å². The van der Waals surface area contributed by atoms with Crippen molar-refractivity contribution in [3.05, 3.63) is 35.9 Å². The topological polar surface area (TPSA) is 72.6 Å².